The molecule has 0 aromatic heterocycles. The molecule has 6 atom stereocenters. The van der Waals surface area contributed by atoms with E-state index < -0.39 is 54.3 Å². The molecule has 2 aliphatic heterocycles. The Morgan fingerprint density at radius 1 is 1.06 bits per heavy atom. The Balaban J connectivity index is 1.72. The molecule has 0 aliphatic carbocycles. The van der Waals surface area contributed by atoms with Gasteiger partial charge in [0.1, 0.15) is 41.5 Å². The molecule has 182 valence electrons. The highest BCUT2D eigenvalue weighted by Gasteiger charge is 2.48. The van der Waals surface area contributed by atoms with Crippen LogP contribution in [0.1, 0.15) is 28.4 Å². The quantitative estimate of drug-likeness (QED) is 0.340. The molecule has 1 saturated heterocycles. The van der Waals surface area contributed by atoms with E-state index in [9.17, 15) is 40.2 Å². The van der Waals surface area contributed by atoms with Crippen molar-refractivity contribution >= 4 is 11.8 Å². The number of para-hydroxylation sites is 1. The minimum absolute atomic E-state index is 0.106. The van der Waals surface area contributed by atoms with Gasteiger partial charge in [-0.25, -0.2) is 4.79 Å². The average molecular weight is 478 g/mol. The first-order valence-electron chi connectivity index (χ1n) is 10.1. The molecule has 0 saturated carbocycles. The average Bonchev–Trinajstić information content (AvgIpc) is 2.79. The van der Waals surface area contributed by atoms with Crippen LogP contribution in [0.3, 0.4) is 0 Å². The highest BCUT2D eigenvalue weighted by atomic mass is 16.7. The van der Waals surface area contributed by atoms with Crippen molar-refractivity contribution in [3.8, 4) is 28.7 Å². The van der Waals surface area contributed by atoms with Crippen molar-refractivity contribution < 1.29 is 59.2 Å². The molecule has 2 heterocycles. The summed E-state index contributed by atoms with van der Waals surface area (Å²) < 4.78 is 21.8. The summed E-state index contributed by atoms with van der Waals surface area (Å²) in [7, 11) is 1.22. The summed E-state index contributed by atoms with van der Waals surface area (Å²) in [5, 5.41) is 60.0. The highest BCUT2D eigenvalue weighted by molar-refractivity contribution is 6.04. The number of ether oxygens (including phenoxy) is 4. The standard InChI is InChI=1S/C22H22O12/c1-31-18-13(33-22-17(28)15(26)16(27)20(34-22)21(29)30)7-11(25)14-10(24)6-12(32-19(14)18)8-4-2-3-5-9(8)23/h2-5,7,12,15-17,20,22-23,25-28H,6H2,1H3,(H,29,30)/t12-,15-,16-,17+,20-,22+/m0/s1. The molecule has 34 heavy (non-hydrogen) atoms. The maximum absolute atomic E-state index is 12.8. The number of carboxylic acid groups (broad SMARTS) is 1. The molecule has 4 rings (SSSR count). The summed E-state index contributed by atoms with van der Waals surface area (Å²) in [6.45, 7) is 0. The van der Waals surface area contributed by atoms with E-state index in [-0.39, 0.29) is 35.0 Å². The predicted molar refractivity (Wildman–Crippen MR) is 110 cm³/mol. The predicted octanol–water partition coefficient (Wildman–Crippen LogP) is 0.0839. The molecule has 12 nitrogen and oxygen atoms in total. The number of benzene rings is 2. The number of ketones is 1. The van der Waals surface area contributed by atoms with Crippen LogP contribution in [-0.2, 0) is 9.53 Å². The molecule has 0 bridgehead atoms. The zero-order valence-electron chi connectivity index (χ0n) is 17.7. The van der Waals surface area contributed by atoms with Gasteiger partial charge in [-0.3, -0.25) is 4.79 Å². The van der Waals surface area contributed by atoms with E-state index in [0.717, 1.165) is 6.07 Å². The summed E-state index contributed by atoms with van der Waals surface area (Å²) in [5.41, 5.74) is 0.127. The lowest BCUT2D eigenvalue weighted by Gasteiger charge is -2.38. The van der Waals surface area contributed by atoms with Gasteiger partial charge in [-0.1, -0.05) is 18.2 Å². The van der Waals surface area contributed by atoms with E-state index >= 15 is 0 Å². The largest absolute Gasteiger partial charge is 0.508 e. The summed E-state index contributed by atoms with van der Waals surface area (Å²) in [6.07, 6.45) is -10.5. The monoisotopic (exact) mass is 478 g/mol. The second-order valence-electron chi connectivity index (χ2n) is 7.78. The lowest BCUT2D eigenvalue weighted by molar-refractivity contribution is -0.271. The van der Waals surface area contributed by atoms with E-state index in [1.165, 1.54) is 13.2 Å². The first kappa shape index (κ1) is 23.6. The summed E-state index contributed by atoms with van der Waals surface area (Å²) in [5.74, 6) is -3.46. The Hall–Kier alpha value is -3.58. The minimum Gasteiger partial charge on any atom is -0.508 e. The van der Waals surface area contributed by atoms with Crippen LogP contribution in [0.2, 0.25) is 0 Å². The number of aromatic hydroxyl groups is 2. The molecular formula is C22H22O12. The van der Waals surface area contributed by atoms with E-state index in [1.54, 1.807) is 18.2 Å². The molecule has 2 aromatic carbocycles. The van der Waals surface area contributed by atoms with Crippen LogP contribution in [0.25, 0.3) is 0 Å². The van der Waals surface area contributed by atoms with E-state index in [1.807, 2.05) is 0 Å². The topological polar surface area (TPSA) is 192 Å². The van der Waals surface area contributed by atoms with Crippen LogP contribution in [0.5, 0.6) is 28.7 Å². The number of Topliss-reactive ketones (excluding diaryl/α,β-unsaturated/α-hetero) is 1. The zero-order chi connectivity index (χ0) is 24.7. The Labute approximate surface area is 192 Å². The first-order valence-corrected chi connectivity index (χ1v) is 10.1. The Bertz CT molecular complexity index is 1120. The third-order valence-corrected chi connectivity index (χ3v) is 5.63. The van der Waals surface area contributed by atoms with Crippen molar-refractivity contribution in [2.24, 2.45) is 0 Å². The molecule has 0 spiro atoms. The number of methoxy groups -OCH3 is 1. The second-order valence-corrected chi connectivity index (χ2v) is 7.78. The molecule has 0 unspecified atom stereocenters. The third-order valence-electron chi connectivity index (χ3n) is 5.63. The normalized spacial score (nSPS) is 28.5. The SMILES string of the molecule is COc1c(O[C@@H]2O[C@H](C(=O)O)[C@@H](O)[C@H](O)[C@H]2O)cc(O)c2c1O[C@H](c1ccccc1O)CC2=O. The maximum atomic E-state index is 12.8. The van der Waals surface area contributed by atoms with Crippen LogP contribution in [0, 0.1) is 0 Å². The lowest BCUT2D eigenvalue weighted by atomic mass is 9.94. The van der Waals surface area contributed by atoms with Gasteiger partial charge in [0, 0.05) is 11.6 Å². The van der Waals surface area contributed by atoms with E-state index in [0.29, 0.717) is 5.56 Å². The number of phenolic OH excluding ortho intramolecular Hbond substituents is 2. The van der Waals surface area contributed by atoms with E-state index in [2.05, 4.69) is 0 Å². The number of fused-ring (bicyclic) bond motifs is 1. The van der Waals surface area contributed by atoms with Gasteiger partial charge in [0.15, 0.2) is 23.4 Å². The fourth-order valence-corrected chi connectivity index (χ4v) is 3.93. The van der Waals surface area contributed by atoms with Gasteiger partial charge < -0.3 is 49.6 Å². The molecule has 2 aliphatic rings. The van der Waals surface area contributed by atoms with Crippen LogP contribution in [0.4, 0.5) is 0 Å². The molecule has 6 N–H and O–H groups in total. The van der Waals surface area contributed by atoms with Crippen molar-refractivity contribution in [1.82, 2.24) is 0 Å². The van der Waals surface area contributed by atoms with Crippen LogP contribution in [0.15, 0.2) is 30.3 Å². The van der Waals surface area contributed by atoms with E-state index in [4.69, 9.17) is 18.9 Å². The van der Waals surface area contributed by atoms with Crippen LogP contribution < -0.4 is 14.2 Å². The number of aliphatic carboxylic acids is 1. The minimum atomic E-state index is -1.92. The van der Waals surface area contributed by atoms with Crippen LogP contribution >= 0.6 is 0 Å². The van der Waals surface area contributed by atoms with Crippen molar-refractivity contribution in [1.29, 1.82) is 0 Å². The zero-order valence-corrected chi connectivity index (χ0v) is 17.7. The highest BCUT2D eigenvalue weighted by Crippen LogP contribution is 2.51. The first-order chi connectivity index (χ1) is 16.1. The Kier molecular flexibility index (Phi) is 6.23. The summed E-state index contributed by atoms with van der Waals surface area (Å²) in [6, 6.07) is 7.22. The van der Waals surface area contributed by atoms with Gasteiger partial charge in [-0.05, 0) is 6.07 Å². The maximum Gasteiger partial charge on any atom is 0.335 e. The number of rotatable bonds is 5. The van der Waals surface area contributed by atoms with Crippen molar-refractivity contribution in [2.45, 2.75) is 43.2 Å². The number of carbonyl (C=O) groups excluding carboxylic acids is 1. The molecule has 12 heteroatoms. The van der Waals surface area contributed by atoms with Crippen molar-refractivity contribution in [3.63, 3.8) is 0 Å². The second kappa shape index (κ2) is 8.99. The van der Waals surface area contributed by atoms with Crippen molar-refractivity contribution in [2.75, 3.05) is 7.11 Å². The number of carboxylic acids is 1. The number of carbonyl (C=O) groups is 2. The smallest absolute Gasteiger partial charge is 0.335 e. The molecule has 0 amide bonds. The Morgan fingerprint density at radius 2 is 1.76 bits per heavy atom. The van der Waals surface area contributed by atoms with Gasteiger partial charge in [-0.2, -0.15) is 0 Å². The molecule has 0 radical (unpaired) electrons. The number of aliphatic hydroxyl groups excluding tert-OH is 3. The van der Waals surface area contributed by atoms with Crippen molar-refractivity contribution in [3.05, 3.63) is 41.5 Å². The fraction of sp³-hybridized carbons (Fsp3) is 0.364. The number of aliphatic hydroxyl groups is 3. The fourth-order valence-electron chi connectivity index (χ4n) is 3.93. The number of phenols is 2. The summed E-state index contributed by atoms with van der Waals surface area (Å²) >= 11 is 0. The van der Waals surface area contributed by atoms with Gasteiger partial charge >= 0.3 is 5.97 Å². The van der Waals surface area contributed by atoms with Gasteiger partial charge in [0.25, 0.3) is 0 Å². The molecule has 2 aromatic rings. The lowest BCUT2D eigenvalue weighted by Crippen LogP contribution is -2.61. The Morgan fingerprint density at radius 3 is 2.41 bits per heavy atom. The van der Waals surface area contributed by atoms with Gasteiger partial charge in [0.2, 0.25) is 12.0 Å². The van der Waals surface area contributed by atoms with Crippen LogP contribution in [-0.4, -0.2) is 80.2 Å². The third kappa shape index (κ3) is 3.96. The number of hydrogen-bond acceptors (Lipinski definition) is 11. The summed E-state index contributed by atoms with van der Waals surface area (Å²) in [4.78, 5) is 24.2. The molecule has 1 fully saturated rings. The molecular weight excluding hydrogens is 456 g/mol. The number of hydrogen-bond donors (Lipinski definition) is 6. The van der Waals surface area contributed by atoms with Gasteiger partial charge in [-0.15, -0.1) is 0 Å². The van der Waals surface area contributed by atoms with Gasteiger partial charge in [0.05, 0.1) is 13.5 Å².